The van der Waals surface area contributed by atoms with Gasteiger partial charge in [-0.3, -0.25) is 4.79 Å². The molecule has 0 saturated carbocycles. The summed E-state index contributed by atoms with van der Waals surface area (Å²) < 4.78 is 5.07. The molecular formula is C16H18N2O2. The number of hydrogen-bond donors (Lipinski definition) is 1. The van der Waals surface area contributed by atoms with Crippen LogP contribution in [0.15, 0.2) is 34.9 Å². The summed E-state index contributed by atoms with van der Waals surface area (Å²) in [6, 6.07) is 10.3. The Morgan fingerprint density at radius 1 is 1.40 bits per heavy atom. The van der Waals surface area contributed by atoms with Gasteiger partial charge in [0.25, 0.3) is 5.91 Å². The van der Waals surface area contributed by atoms with Crippen LogP contribution in [0.5, 0.6) is 0 Å². The lowest BCUT2D eigenvalue weighted by Gasteiger charge is -2.24. The van der Waals surface area contributed by atoms with Crippen molar-refractivity contribution in [3.8, 4) is 0 Å². The van der Waals surface area contributed by atoms with Crippen molar-refractivity contribution in [1.82, 2.24) is 10.5 Å². The van der Waals surface area contributed by atoms with Gasteiger partial charge >= 0.3 is 0 Å². The quantitative estimate of drug-likeness (QED) is 0.932. The van der Waals surface area contributed by atoms with E-state index in [1.54, 1.807) is 6.07 Å². The molecule has 1 aromatic heterocycles. The van der Waals surface area contributed by atoms with Crippen LogP contribution in [0.25, 0.3) is 0 Å². The first-order chi connectivity index (χ1) is 9.76. The highest BCUT2D eigenvalue weighted by Crippen LogP contribution is 2.21. The summed E-state index contributed by atoms with van der Waals surface area (Å²) in [6.07, 6.45) is 3.64. The molecule has 104 valence electrons. The summed E-state index contributed by atoms with van der Waals surface area (Å²) in [5.74, 6) is 0.141. The molecule has 1 atom stereocenters. The smallest absolute Gasteiger partial charge is 0.290 e. The van der Waals surface area contributed by atoms with Crippen molar-refractivity contribution in [2.45, 2.75) is 38.6 Å². The van der Waals surface area contributed by atoms with Crippen LogP contribution in [0.2, 0.25) is 0 Å². The number of rotatable bonds is 3. The maximum atomic E-state index is 12.1. The number of carbonyl (C=O) groups is 1. The lowest BCUT2D eigenvalue weighted by atomic mass is 9.88. The predicted octanol–water partition coefficient (Wildman–Crippen LogP) is 2.52. The first kappa shape index (κ1) is 12.9. The van der Waals surface area contributed by atoms with E-state index >= 15 is 0 Å². The van der Waals surface area contributed by atoms with Crippen LogP contribution < -0.4 is 5.32 Å². The van der Waals surface area contributed by atoms with Crippen molar-refractivity contribution in [2.24, 2.45) is 0 Å². The van der Waals surface area contributed by atoms with Crippen LogP contribution in [0.4, 0.5) is 0 Å². The predicted molar refractivity (Wildman–Crippen MR) is 75.6 cm³/mol. The van der Waals surface area contributed by atoms with Gasteiger partial charge in [-0.25, -0.2) is 0 Å². The molecule has 0 aliphatic heterocycles. The third-order valence-corrected chi connectivity index (χ3v) is 3.83. The first-order valence-corrected chi connectivity index (χ1v) is 7.09. The largest absolute Gasteiger partial charge is 0.351 e. The zero-order valence-corrected chi connectivity index (χ0v) is 11.6. The minimum atomic E-state index is -0.165. The van der Waals surface area contributed by atoms with Crippen molar-refractivity contribution in [1.29, 1.82) is 0 Å². The summed E-state index contributed by atoms with van der Waals surface area (Å²) in [4.78, 5) is 12.1. The molecule has 1 heterocycles. The van der Waals surface area contributed by atoms with Crippen molar-refractivity contribution < 1.29 is 9.32 Å². The number of nitrogens with one attached hydrogen (secondary N) is 1. The number of carbonyl (C=O) groups excluding carboxylic acids is 1. The highest BCUT2D eigenvalue weighted by Gasteiger charge is 2.22. The lowest BCUT2D eigenvalue weighted by molar-refractivity contribution is 0.0896. The molecule has 20 heavy (non-hydrogen) atoms. The Balaban J connectivity index is 1.66. The Hall–Kier alpha value is -2.10. The van der Waals surface area contributed by atoms with E-state index in [1.165, 1.54) is 11.1 Å². The van der Waals surface area contributed by atoms with E-state index < -0.39 is 0 Å². The molecule has 1 unspecified atom stereocenters. The van der Waals surface area contributed by atoms with Crippen molar-refractivity contribution >= 4 is 5.91 Å². The zero-order chi connectivity index (χ0) is 13.9. The fourth-order valence-corrected chi connectivity index (χ4v) is 2.66. The van der Waals surface area contributed by atoms with Gasteiger partial charge in [-0.15, -0.1) is 0 Å². The topological polar surface area (TPSA) is 55.1 Å². The van der Waals surface area contributed by atoms with Crippen molar-refractivity contribution in [2.75, 3.05) is 0 Å². The van der Waals surface area contributed by atoms with Gasteiger partial charge in [-0.1, -0.05) is 36.3 Å². The Labute approximate surface area is 118 Å². The standard InChI is InChI=1S/C16H18N2O2/c1-2-13-10-15(20-18-13)16(19)17-14-8-7-11-5-3-4-6-12(11)9-14/h3-6,10,14H,2,7-9H2,1H3,(H,17,19). The van der Waals surface area contributed by atoms with E-state index in [9.17, 15) is 4.79 Å². The van der Waals surface area contributed by atoms with Crippen LogP contribution in [-0.2, 0) is 19.3 Å². The molecule has 1 aliphatic rings. The summed E-state index contributed by atoms with van der Waals surface area (Å²) >= 11 is 0. The van der Waals surface area contributed by atoms with Gasteiger partial charge in [0.15, 0.2) is 0 Å². The van der Waals surface area contributed by atoms with Gasteiger partial charge in [-0.2, -0.15) is 0 Å². The molecule has 4 nitrogen and oxygen atoms in total. The number of nitrogens with zero attached hydrogens (tertiary/aromatic N) is 1. The molecule has 1 N–H and O–H groups in total. The zero-order valence-electron chi connectivity index (χ0n) is 11.6. The molecular weight excluding hydrogens is 252 g/mol. The van der Waals surface area contributed by atoms with E-state index in [0.29, 0.717) is 5.76 Å². The maximum absolute atomic E-state index is 12.1. The average Bonchev–Trinajstić information content (AvgIpc) is 2.96. The molecule has 0 bridgehead atoms. The molecule has 1 aliphatic carbocycles. The molecule has 0 fully saturated rings. The molecule has 0 saturated heterocycles. The van der Waals surface area contributed by atoms with Crippen LogP contribution in [-0.4, -0.2) is 17.1 Å². The van der Waals surface area contributed by atoms with Crippen LogP contribution in [0.1, 0.15) is 40.7 Å². The number of aromatic nitrogens is 1. The average molecular weight is 270 g/mol. The summed E-state index contributed by atoms with van der Waals surface area (Å²) in [5, 5.41) is 6.89. The van der Waals surface area contributed by atoms with E-state index in [1.807, 2.05) is 13.0 Å². The Kier molecular flexibility index (Phi) is 3.54. The molecule has 0 radical (unpaired) electrons. The number of hydrogen-bond acceptors (Lipinski definition) is 3. The Bertz CT molecular complexity index is 618. The summed E-state index contributed by atoms with van der Waals surface area (Å²) in [5.41, 5.74) is 3.53. The highest BCUT2D eigenvalue weighted by molar-refractivity contribution is 5.91. The maximum Gasteiger partial charge on any atom is 0.290 e. The van der Waals surface area contributed by atoms with Crippen LogP contribution in [0.3, 0.4) is 0 Å². The monoisotopic (exact) mass is 270 g/mol. The van der Waals surface area contributed by atoms with E-state index in [2.05, 4.69) is 28.7 Å². The summed E-state index contributed by atoms with van der Waals surface area (Å²) in [7, 11) is 0. The third-order valence-electron chi connectivity index (χ3n) is 3.83. The number of fused-ring (bicyclic) bond motifs is 1. The third kappa shape index (κ3) is 2.59. The first-order valence-electron chi connectivity index (χ1n) is 7.09. The van der Waals surface area contributed by atoms with E-state index in [-0.39, 0.29) is 11.9 Å². The lowest BCUT2D eigenvalue weighted by Crippen LogP contribution is -2.38. The normalized spacial score (nSPS) is 17.6. The fraction of sp³-hybridized carbons (Fsp3) is 0.375. The number of benzene rings is 1. The molecule has 1 aromatic carbocycles. The van der Waals surface area contributed by atoms with Gasteiger partial charge in [0.2, 0.25) is 5.76 Å². The second-order valence-corrected chi connectivity index (χ2v) is 5.22. The Morgan fingerprint density at radius 3 is 2.95 bits per heavy atom. The van der Waals surface area contributed by atoms with Crippen LogP contribution in [0, 0.1) is 0 Å². The number of amides is 1. The highest BCUT2D eigenvalue weighted by atomic mass is 16.5. The molecule has 4 heteroatoms. The van der Waals surface area contributed by atoms with E-state index in [0.717, 1.165) is 31.4 Å². The van der Waals surface area contributed by atoms with Gasteiger partial charge in [0.1, 0.15) is 0 Å². The second kappa shape index (κ2) is 5.49. The van der Waals surface area contributed by atoms with Crippen molar-refractivity contribution in [3.05, 3.63) is 52.9 Å². The fourth-order valence-electron chi connectivity index (χ4n) is 2.66. The van der Waals surface area contributed by atoms with Crippen molar-refractivity contribution in [3.63, 3.8) is 0 Å². The van der Waals surface area contributed by atoms with Gasteiger partial charge < -0.3 is 9.84 Å². The van der Waals surface area contributed by atoms with Crippen LogP contribution >= 0.6 is 0 Å². The minimum absolute atomic E-state index is 0.165. The van der Waals surface area contributed by atoms with Gasteiger partial charge in [0.05, 0.1) is 5.69 Å². The Morgan fingerprint density at radius 2 is 2.20 bits per heavy atom. The minimum Gasteiger partial charge on any atom is -0.351 e. The SMILES string of the molecule is CCc1cc(C(=O)NC2CCc3ccccc3C2)on1. The summed E-state index contributed by atoms with van der Waals surface area (Å²) in [6.45, 7) is 1.98. The second-order valence-electron chi connectivity index (χ2n) is 5.22. The molecule has 2 aromatic rings. The molecule has 1 amide bonds. The van der Waals surface area contributed by atoms with Gasteiger partial charge in [0, 0.05) is 12.1 Å². The van der Waals surface area contributed by atoms with Gasteiger partial charge in [-0.05, 0) is 36.8 Å². The van der Waals surface area contributed by atoms with E-state index in [4.69, 9.17) is 4.52 Å². The molecule has 3 rings (SSSR count). The molecule has 0 spiro atoms. The number of aryl methyl sites for hydroxylation is 2.